The van der Waals surface area contributed by atoms with Gasteiger partial charge in [0.05, 0.1) is 0 Å². The maximum Gasteiger partial charge on any atom is 0.119 e. The standard InChI is InChI=1S/C16H17NO2/c1-17(2)14-7-5-12(6-8-14)3-4-13-9-15(18)11-16(19)10-13/h3-11,18-19H,1-2H3/b4-3+. The lowest BCUT2D eigenvalue weighted by atomic mass is 10.1. The van der Waals surface area contributed by atoms with Crippen molar-refractivity contribution >= 4 is 17.8 Å². The molecule has 0 amide bonds. The number of hydrogen-bond acceptors (Lipinski definition) is 3. The summed E-state index contributed by atoms with van der Waals surface area (Å²) in [5.41, 5.74) is 2.97. The molecular formula is C16H17NO2. The normalized spacial score (nSPS) is 10.8. The largest absolute Gasteiger partial charge is 0.508 e. The van der Waals surface area contributed by atoms with Crippen molar-refractivity contribution in [1.82, 2.24) is 0 Å². The van der Waals surface area contributed by atoms with Gasteiger partial charge in [0.2, 0.25) is 0 Å². The van der Waals surface area contributed by atoms with E-state index in [1.807, 2.05) is 55.4 Å². The second-order valence-electron chi connectivity index (χ2n) is 4.60. The Hall–Kier alpha value is -2.42. The molecule has 0 aliphatic heterocycles. The molecular weight excluding hydrogens is 238 g/mol. The first kappa shape index (κ1) is 13.0. The predicted molar refractivity (Wildman–Crippen MR) is 79.5 cm³/mol. The average molecular weight is 255 g/mol. The molecule has 0 bridgehead atoms. The van der Waals surface area contributed by atoms with Crippen LogP contribution in [0.1, 0.15) is 11.1 Å². The molecule has 3 heteroatoms. The highest BCUT2D eigenvalue weighted by Crippen LogP contribution is 2.22. The average Bonchev–Trinajstić information content (AvgIpc) is 2.36. The topological polar surface area (TPSA) is 43.7 Å². The van der Waals surface area contributed by atoms with Crippen molar-refractivity contribution in [3.8, 4) is 11.5 Å². The van der Waals surface area contributed by atoms with Crippen molar-refractivity contribution in [1.29, 1.82) is 0 Å². The highest BCUT2D eigenvalue weighted by atomic mass is 16.3. The molecule has 0 atom stereocenters. The Kier molecular flexibility index (Phi) is 3.76. The van der Waals surface area contributed by atoms with E-state index in [2.05, 4.69) is 0 Å². The molecule has 2 aromatic carbocycles. The van der Waals surface area contributed by atoms with E-state index in [0.717, 1.165) is 16.8 Å². The Balaban J connectivity index is 2.17. The molecule has 2 rings (SSSR count). The van der Waals surface area contributed by atoms with Crippen LogP contribution in [0.3, 0.4) is 0 Å². The summed E-state index contributed by atoms with van der Waals surface area (Å²) in [6, 6.07) is 12.6. The Morgan fingerprint density at radius 3 is 1.84 bits per heavy atom. The fourth-order valence-electron chi connectivity index (χ4n) is 1.79. The van der Waals surface area contributed by atoms with Gasteiger partial charge in [-0.15, -0.1) is 0 Å². The van der Waals surface area contributed by atoms with Gasteiger partial charge >= 0.3 is 0 Å². The van der Waals surface area contributed by atoms with Crippen molar-refractivity contribution in [2.75, 3.05) is 19.0 Å². The minimum Gasteiger partial charge on any atom is -0.508 e. The fraction of sp³-hybridized carbons (Fsp3) is 0.125. The van der Waals surface area contributed by atoms with Crippen molar-refractivity contribution in [2.45, 2.75) is 0 Å². The van der Waals surface area contributed by atoms with Gasteiger partial charge in [-0.2, -0.15) is 0 Å². The summed E-state index contributed by atoms with van der Waals surface area (Å²) in [6.45, 7) is 0. The minimum atomic E-state index is 0.0580. The molecule has 19 heavy (non-hydrogen) atoms. The van der Waals surface area contributed by atoms with Crippen LogP contribution in [0.15, 0.2) is 42.5 Å². The molecule has 0 unspecified atom stereocenters. The predicted octanol–water partition coefficient (Wildman–Crippen LogP) is 3.33. The van der Waals surface area contributed by atoms with Crippen LogP contribution in [0.5, 0.6) is 11.5 Å². The number of benzene rings is 2. The van der Waals surface area contributed by atoms with Gasteiger partial charge in [0.25, 0.3) is 0 Å². The smallest absolute Gasteiger partial charge is 0.119 e. The molecule has 98 valence electrons. The van der Waals surface area contributed by atoms with Gasteiger partial charge in [-0.25, -0.2) is 0 Å². The number of phenolic OH excluding ortho intramolecular Hbond substituents is 2. The lowest BCUT2D eigenvalue weighted by Crippen LogP contribution is -2.07. The van der Waals surface area contributed by atoms with Gasteiger partial charge in [0.15, 0.2) is 0 Å². The molecule has 2 N–H and O–H groups in total. The van der Waals surface area contributed by atoms with Crippen LogP contribution in [0.2, 0.25) is 0 Å². The van der Waals surface area contributed by atoms with E-state index in [4.69, 9.17) is 0 Å². The molecule has 0 fully saturated rings. The zero-order chi connectivity index (χ0) is 13.8. The molecule has 0 aliphatic rings. The van der Waals surface area contributed by atoms with E-state index in [-0.39, 0.29) is 11.5 Å². The number of aromatic hydroxyl groups is 2. The number of phenols is 2. The molecule has 0 aromatic heterocycles. The van der Waals surface area contributed by atoms with Crippen LogP contribution in [0.4, 0.5) is 5.69 Å². The SMILES string of the molecule is CN(C)c1ccc(/C=C/c2cc(O)cc(O)c2)cc1. The van der Waals surface area contributed by atoms with Crippen LogP contribution in [0, 0.1) is 0 Å². The summed E-state index contributed by atoms with van der Waals surface area (Å²) < 4.78 is 0. The zero-order valence-corrected chi connectivity index (χ0v) is 11.0. The first-order chi connectivity index (χ1) is 9.04. The third-order valence-electron chi connectivity index (χ3n) is 2.80. The van der Waals surface area contributed by atoms with Crippen LogP contribution in [-0.2, 0) is 0 Å². The van der Waals surface area contributed by atoms with Gasteiger partial charge in [-0.3, -0.25) is 0 Å². The minimum absolute atomic E-state index is 0.0580. The molecule has 0 heterocycles. The third kappa shape index (κ3) is 3.52. The molecule has 0 aliphatic carbocycles. The molecule has 0 saturated heterocycles. The first-order valence-corrected chi connectivity index (χ1v) is 6.03. The lowest BCUT2D eigenvalue weighted by Gasteiger charge is -2.11. The van der Waals surface area contributed by atoms with Crippen LogP contribution in [0.25, 0.3) is 12.2 Å². The van der Waals surface area contributed by atoms with E-state index in [1.165, 1.54) is 6.07 Å². The summed E-state index contributed by atoms with van der Waals surface area (Å²) in [5, 5.41) is 18.8. The maximum absolute atomic E-state index is 9.39. The molecule has 0 radical (unpaired) electrons. The van der Waals surface area contributed by atoms with Crippen LogP contribution in [-0.4, -0.2) is 24.3 Å². The summed E-state index contributed by atoms with van der Waals surface area (Å²) >= 11 is 0. The third-order valence-corrected chi connectivity index (χ3v) is 2.80. The Bertz CT molecular complexity index is 566. The quantitative estimate of drug-likeness (QED) is 0.827. The second-order valence-corrected chi connectivity index (χ2v) is 4.60. The number of hydrogen-bond donors (Lipinski definition) is 2. The van der Waals surface area contributed by atoms with E-state index >= 15 is 0 Å². The van der Waals surface area contributed by atoms with Gasteiger partial charge in [0.1, 0.15) is 11.5 Å². The van der Waals surface area contributed by atoms with Gasteiger partial charge in [-0.05, 0) is 35.4 Å². The number of anilines is 1. The van der Waals surface area contributed by atoms with Crippen molar-refractivity contribution in [3.63, 3.8) is 0 Å². The summed E-state index contributed by atoms with van der Waals surface area (Å²) in [5.74, 6) is 0.116. The van der Waals surface area contributed by atoms with E-state index < -0.39 is 0 Å². The molecule has 0 saturated carbocycles. The number of rotatable bonds is 3. The highest BCUT2D eigenvalue weighted by molar-refractivity contribution is 5.71. The summed E-state index contributed by atoms with van der Waals surface area (Å²) in [4.78, 5) is 2.04. The lowest BCUT2D eigenvalue weighted by molar-refractivity contribution is 0.450. The Morgan fingerprint density at radius 1 is 0.789 bits per heavy atom. The first-order valence-electron chi connectivity index (χ1n) is 6.03. The van der Waals surface area contributed by atoms with Crippen LogP contribution < -0.4 is 4.90 Å². The Labute approximate surface area is 113 Å². The summed E-state index contributed by atoms with van der Waals surface area (Å²) in [6.07, 6.45) is 3.79. The highest BCUT2D eigenvalue weighted by Gasteiger charge is 1.96. The Morgan fingerprint density at radius 2 is 1.32 bits per heavy atom. The van der Waals surface area contributed by atoms with Crippen molar-refractivity contribution in [3.05, 3.63) is 53.6 Å². The van der Waals surface area contributed by atoms with E-state index in [1.54, 1.807) is 12.1 Å². The molecule has 2 aromatic rings. The monoisotopic (exact) mass is 255 g/mol. The van der Waals surface area contributed by atoms with Crippen LogP contribution >= 0.6 is 0 Å². The van der Waals surface area contributed by atoms with Crippen molar-refractivity contribution in [2.24, 2.45) is 0 Å². The van der Waals surface area contributed by atoms with Gasteiger partial charge in [-0.1, -0.05) is 24.3 Å². The van der Waals surface area contributed by atoms with Gasteiger partial charge in [0, 0.05) is 25.8 Å². The maximum atomic E-state index is 9.39. The van der Waals surface area contributed by atoms with Gasteiger partial charge < -0.3 is 15.1 Å². The zero-order valence-electron chi connectivity index (χ0n) is 11.0. The molecule has 3 nitrogen and oxygen atoms in total. The van der Waals surface area contributed by atoms with E-state index in [0.29, 0.717) is 0 Å². The molecule has 0 spiro atoms. The second kappa shape index (κ2) is 5.48. The number of nitrogens with zero attached hydrogens (tertiary/aromatic N) is 1. The van der Waals surface area contributed by atoms with Crippen molar-refractivity contribution < 1.29 is 10.2 Å². The fourth-order valence-corrected chi connectivity index (χ4v) is 1.79. The summed E-state index contributed by atoms with van der Waals surface area (Å²) in [7, 11) is 4.00. The van der Waals surface area contributed by atoms with E-state index in [9.17, 15) is 10.2 Å².